The summed E-state index contributed by atoms with van der Waals surface area (Å²) in [6.07, 6.45) is 0.919. The second kappa shape index (κ2) is 7.68. The number of hydrogen-bond acceptors (Lipinski definition) is 2. The van der Waals surface area contributed by atoms with Gasteiger partial charge in [0.25, 0.3) is 5.91 Å². The van der Waals surface area contributed by atoms with Gasteiger partial charge in [0.2, 0.25) is 5.91 Å². The Kier molecular flexibility index (Phi) is 5.85. The van der Waals surface area contributed by atoms with E-state index >= 15 is 0 Å². The molecule has 1 heterocycles. The van der Waals surface area contributed by atoms with Crippen LogP contribution in [-0.4, -0.2) is 36.3 Å². The summed E-state index contributed by atoms with van der Waals surface area (Å²) in [7, 11) is 0. The van der Waals surface area contributed by atoms with Crippen LogP contribution in [0.15, 0.2) is 12.1 Å². The van der Waals surface area contributed by atoms with Crippen LogP contribution in [0.3, 0.4) is 0 Å². The Morgan fingerprint density at radius 2 is 1.79 bits per heavy atom. The molecular formula is C17H21F3N2O2. The molecule has 0 atom stereocenters. The van der Waals surface area contributed by atoms with E-state index in [0.717, 1.165) is 12.1 Å². The van der Waals surface area contributed by atoms with Gasteiger partial charge in [-0.05, 0) is 30.9 Å². The first kappa shape index (κ1) is 18.3. The van der Waals surface area contributed by atoms with E-state index in [1.165, 1.54) is 4.90 Å². The lowest BCUT2D eigenvalue weighted by Gasteiger charge is -2.31. The molecule has 0 unspecified atom stereocenters. The fourth-order valence-electron chi connectivity index (χ4n) is 2.66. The molecule has 1 aliphatic rings. The maximum Gasteiger partial charge on any atom is 0.256 e. The van der Waals surface area contributed by atoms with Gasteiger partial charge in [-0.3, -0.25) is 9.59 Å². The molecule has 0 aliphatic carbocycles. The van der Waals surface area contributed by atoms with Crippen LogP contribution in [0.25, 0.3) is 0 Å². The highest BCUT2D eigenvalue weighted by atomic mass is 19.2. The van der Waals surface area contributed by atoms with Crippen molar-refractivity contribution in [3.63, 3.8) is 0 Å². The number of benzene rings is 1. The van der Waals surface area contributed by atoms with Gasteiger partial charge in [0.15, 0.2) is 17.5 Å². The van der Waals surface area contributed by atoms with Crippen molar-refractivity contribution in [3.05, 3.63) is 35.1 Å². The van der Waals surface area contributed by atoms with Gasteiger partial charge < -0.3 is 10.2 Å². The third kappa shape index (κ3) is 4.07. The number of carbonyl (C=O) groups excluding carboxylic acids is 2. The highest BCUT2D eigenvalue weighted by Gasteiger charge is 2.29. The Balaban J connectivity index is 1.96. The van der Waals surface area contributed by atoms with Crippen LogP contribution in [0.1, 0.15) is 37.0 Å². The molecule has 1 aliphatic heterocycles. The first-order chi connectivity index (χ1) is 11.3. The van der Waals surface area contributed by atoms with Gasteiger partial charge in [-0.25, -0.2) is 13.2 Å². The van der Waals surface area contributed by atoms with Gasteiger partial charge in [-0.2, -0.15) is 0 Å². The molecule has 0 radical (unpaired) electrons. The van der Waals surface area contributed by atoms with Crippen LogP contribution in [0.4, 0.5) is 13.2 Å². The van der Waals surface area contributed by atoms with E-state index in [1.807, 2.05) is 13.8 Å². The van der Waals surface area contributed by atoms with Crippen LogP contribution < -0.4 is 5.32 Å². The largest absolute Gasteiger partial charge is 0.356 e. The van der Waals surface area contributed by atoms with Gasteiger partial charge in [-0.15, -0.1) is 0 Å². The summed E-state index contributed by atoms with van der Waals surface area (Å²) in [6.45, 7) is 5.14. The summed E-state index contributed by atoms with van der Waals surface area (Å²) in [5, 5.41) is 2.86. The number of nitrogens with zero attached hydrogens (tertiary/aromatic N) is 1. The van der Waals surface area contributed by atoms with Gasteiger partial charge in [-0.1, -0.05) is 13.8 Å². The van der Waals surface area contributed by atoms with Crippen LogP contribution >= 0.6 is 0 Å². The van der Waals surface area contributed by atoms with Crippen LogP contribution in [0.5, 0.6) is 0 Å². The van der Waals surface area contributed by atoms with E-state index in [-0.39, 0.29) is 24.9 Å². The molecule has 1 saturated heterocycles. The molecule has 1 aromatic rings. The molecule has 0 bridgehead atoms. The zero-order valence-electron chi connectivity index (χ0n) is 13.7. The summed E-state index contributed by atoms with van der Waals surface area (Å²) in [6, 6.07) is 1.68. The molecule has 132 valence electrons. The van der Waals surface area contributed by atoms with Crippen molar-refractivity contribution >= 4 is 11.8 Å². The number of halogens is 3. The first-order valence-electron chi connectivity index (χ1n) is 8.01. The smallest absolute Gasteiger partial charge is 0.256 e. The van der Waals surface area contributed by atoms with Crippen LogP contribution in [-0.2, 0) is 4.79 Å². The van der Waals surface area contributed by atoms with Crippen molar-refractivity contribution in [1.82, 2.24) is 10.2 Å². The highest BCUT2D eigenvalue weighted by molar-refractivity contribution is 5.94. The SMILES string of the molecule is CC(C)CNC(=O)C1CCN(C(=O)c2ccc(F)c(F)c2F)CC1. The number of hydrogen-bond donors (Lipinski definition) is 1. The summed E-state index contributed by atoms with van der Waals surface area (Å²) in [5.74, 6) is -5.03. The van der Waals surface area contributed by atoms with Crippen molar-refractivity contribution in [2.45, 2.75) is 26.7 Å². The molecule has 2 rings (SSSR count). The lowest BCUT2D eigenvalue weighted by atomic mass is 9.95. The maximum absolute atomic E-state index is 13.7. The molecule has 2 amide bonds. The van der Waals surface area contributed by atoms with E-state index in [2.05, 4.69) is 5.32 Å². The number of nitrogens with one attached hydrogen (secondary N) is 1. The Morgan fingerprint density at radius 3 is 2.38 bits per heavy atom. The molecule has 24 heavy (non-hydrogen) atoms. The maximum atomic E-state index is 13.7. The fourth-order valence-corrected chi connectivity index (χ4v) is 2.66. The van der Waals surface area contributed by atoms with E-state index in [9.17, 15) is 22.8 Å². The number of carbonyl (C=O) groups is 2. The summed E-state index contributed by atoms with van der Waals surface area (Å²) in [4.78, 5) is 25.7. The number of rotatable bonds is 4. The van der Waals surface area contributed by atoms with Crippen molar-refractivity contribution in [1.29, 1.82) is 0 Å². The topological polar surface area (TPSA) is 49.4 Å². The molecule has 1 N–H and O–H groups in total. The minimum Gasteiger partial charge on any atom is -0.356 e. The van der Waals surface area contributed by atoms with Crippen molar-refractivity contribution in [2.24, 2.45) is 11.8 Å². The van der Waals surface area contributed by atoms with Gasteiger partial charge in [0.1, 0.15) is 0 Å². The third-order valence-corrected chi connectivity index (χ3v) is 4.10. The molecule has 1 aromatic carbocycles. The Bertz CT molecular complexity index is 627. The minimum absolute atomic E-state index is 0.0465. The van der Waals surface area contributed by atoms with E-state index in [1.54, 1.807) is 0 Å². The van der Waals surface area contributed by atoms with Crippen molar-refractivity contribution in [2.75, 3.05) is 19.6 Å². The monoisotopic (exact) mass is 342 g/mol. The van der Waals surface area contributed by atoms with Gasteiger partial charge in [0, 0.05) is 25.6 Å². The van der Waals surface area contributed by atoms with Crippen molar-refractivity contribution < 1.29 is 22.8 Å². The summed E-state index contributed by atoms with van der Waals surface area (Å²) < 4.78 is 39.9. The number of piperidine rings is 1. The van der Waals surface area contributed by atoms with Gasteiger partial charge in [0.05, 0.1) is 5.56 Å². The zero-order chi connectivity index (χ0) is 17.9. The second-order valence-electron chi connectivity index (χ2n) is 6.43. The lowest BCUT2D eigenvalue weighted by Crippen LogP contribution is -2.43. The Labute approximate surface area is 139 Å². The van der Waals surface area contributed by atoms with E-state index < -0.39 is 28.9 Å². The lowest BCUT2D eigenvalue weighted by molar-refractivity contribution is -0.126. The van der Waals surface area contributed by atoms with E-state index in [0.29, 0.717) is 25.3 Å². The fraction of sp³-hybridized carbons (Fsp3) is 0.529. The van der Waals surface area contributed by atoms with Crippen LogP contribution in [0.2, 0.25) is 0 Å². The highest BCUT2D eigenvalue weighted by Crippen LogP contribution is 2.22. The standard InChI is InChI=1S/C17H21F3N2O2/c1-10(2)9-21-16(23)11-5-7-22(8-6-11)17(24)12-3-4-13(18)15(20)14(12)19/h3-4,10-11H,5-9H2,1-2H3,(H,21,23). The predicted octanol–water partition coefficient (Wildman–Crippen LogP) is 2.73. The van der Waals surface area contributed by atoms with Crippen molar-refractivity contribution in [3.8, 4) is 0 Å². The molecule has 4 nitrogen and oxygen atoms in total. The number of amides is 2. The average molecular weight is 342 g/mol. The first-order valence-corrected chi connectivity index (χ1v) is 8.01. The molecule has 0 saturated carbocycles. The summed E-state index contributed by atoms with van der Waals surface area (Å²) in [5.41, 5.74) is -0.489. The average Bonchev–Trinajstić information content (AvgIpc) is 2.57. The predicted molar refractivity (Wildman–Crippen MR) is 82.8 cm³/mol. The van der Waals surface area contributed by atoms with E-state index in [4.69, 9.17) is 0 Å². The quantitative estimate of drug-likeness (QED) is 0.856. The van der Waals surface area contributed by atoms with Crippen LogP contribution in [0, 0.1) is 29.3 Å². The minimum atomic E-state index is -1.65. The zero-order valence-corrected chi connectivity index (χ0v) is 13.7. The second-order valence-corrected chi connectivity index (χ2v) is 6.43. The van der Waals surface area contributed by atoms with Gasteiger partial charge >= 0.3 is 0 Å². The molecule has 0 spiro atoms. The molecular weight excluding hydrogens is 321 g/mol. The Hall–Kier alpha value is -2.05. The molecule has 0 aromatic heterocycles. The molecule has 1 fully saturated rings. The Morgan fingerprint density at radius 1 is 1.17 bits per heavy atom. The molecule has 7 heteroatoms. The normalized spacial score (nSPS) is 15.7. The summed E-state index contributed by atoms with van der Waals surface area (Å²) >= 11 is 0. The third-order valence-electron chi connectivity index (χ3n) is 4.10. The number of likely N-dealkylation sites (tertiary alicyclic amines) is 1.